The van der Waals surface area contributed by atoms with Crippen LogP contribution in [-0.2, 0) is 16.0 Å². The monoisotopic (exact) mass is 279 g/mol. The average molecular weight is 279 g/mol. The number of aryl methyl sites for hydroxylation is 1. The van der Waals surface area contributed by atoms with Gasteiger partial charge in [0.15, 0.2) is 0 Å². The maximum Gasteiger partial charge on any atom is 0.315 e. The molecule has 1 aromatic heterocycles. The van der Waals surface area contributed by atoms with Crippen molar-refractivity contribution in [3.8, 4) is 0 Å². The van der Waals surface area contributed by atoms with Crippen LogP contribution >= 0.6 is 11.3 Å². The molecule has 1 saturated carbocycles. The van der Waals surface area contributed by atoms with Crippen molar-refractivity contribution in [1.29, 1.82) is 0 Å². The first-order valence-corrected chi connectivity index (χ1v) is 8.27. The van der Waals surface area contributed by atoms with E-state index in [1.807, 2.05) is 18.3 Å². The lowest BCUT2D eigenvalue weighted by Crippen LogP contribution is -2.20. The Labute approximate surface area is 118 Å². The summed E-state index contributed by atoms with van der Waals surface area (Å²) in [7, 11) is 0. The highest BCUT2D eigenvalue weighted by Crippen LogP contribution is 2.41. The zero-order chi connectivity index (χ0) is 13.2. The minimum Gasteiger partial charge on any atom is -0.465 e. The van der Waals surface area contributed by atoms with Crippen LogP contribution in [-0.4, -0.2) is 17.6 Å². The molecule has 3 nitrogen and oxygen atoms in total. The van der Waals surface area contributed by atoms with Gasteiger partial charge in [-0.05, 0) is 39.0 Å². The SMILES string of the molecule is CCOC(=O)C1CCCc2sc(C3CCCC3)nc21. The molecule has 0 amide bonds. The summed E-state index contributed by atoms with van der Waals surface area (Å²) in [6, 6.07) is 0. The molecule has 104 valence electrons. The number of hydrogen-bond donors (Lipinski definition) is 0. The molecular weight excluding hydrogens is 258 g/mol. The molecule has 0 spiro atoms. The largest absolute Gasteiger partial charge is 0.465 e. The average Bonchev–Trinajstić information content (AvgIpc) is 3.06. The molecule has 0 radical (unpaired) electrons. The van der Waals surface area contributed by atoms with Crippen molar-refractivity contribution in [3.05, 3.63) is 15.6 Å². The lowest BCUT2D eigenvalue weighted by molar-refractivity contribution is -0.145. The molecule has 0 aromatic carbocycles. The van der Waals surface area contributed by atoms with Crippen LogP contribution in [0.3, 0.4) is 0 Å². The molecular formula is C15H21NO2S. The Morgan fingerprint density at radius 3 is 2.84 bits per heavy atom. The number of aromatic nitrogens is 1. The third-order valence-electron chi connectivity index (χ3n) is 4.25. The molecule has 0 aliphatic heterocycles. The lowest BCUT2D eigenvalue weighted by atomic mass is 9.91. The van der Waals surface area contributed by atoms with Gasteiger partial charge in [0.1, 0.15) is 5.92 Å². The van der Waals surface area contributed by atoms with Crippen LogP contribution < -0.4 is 0 Å². The fraction of sp³-hybridized carbons (Fsp3) is 0.733. The summed E-state index contributed by atoms with van der Waals surface area (Å²) in [5.74, 6) is 0.472. The summed E-state index contributed by atoms with van der Waals surface area (Å²) in [5, 5.41) is 1.28. The van der Waals surface area contributed by atoms with Crippen molar-refractivity contribution < 1.29 is 9.53 Å². The van der Waals surface area contributed by atoms with E-state index in [2.05, 4.69) is 0 Å². The maximum absolute atomic E-state index is 12.0. The summed E-state index contributed by atoms with van der Waals surface area (Å²) in [4.78, 5) is 18.2. The Morgan fingerprint density at radius 1 is 1.32 bits per heavy atom. The smallest absolute Gasteiger partial charge is 0.315 e. The molecule has 19 heavy (non-hydrogen) atoms. The van der Waals surface area contributed by atoms with Crippen LogP contribution in [0.25, 0.3) is 0 Å². The molecule has 1 heterocycles. The Morgan fingerprint density at radius 2 is 2.11 bits per heavy atom. The maximum atomic E-state index is 12.0. The van der Waals surface area contributed by atoms with Crippen LogP contribution in [0.5, 0.6) is 0 Å². The Kier molecular flexibility index (Phi) is 3.87. The fourth-order valence-electron chi connectivity index (χ4n) is 3.26. The molecule has 1 atom stereocenters. The van der Waals surface area contributed by atoms with E-state index in [1.165, 1.54) is 35.6 Å². The predicted octanol–water partition coefficient (Wildman–Crippen LogP) is 3.78. The molecule has 4 heteroatoms. The standard InChI is InChI=1S/C15H21NO2S/c1-2-18-15(17)11-8-5-9-12-13(11)16-14(19-12)10-6-3-4-7-10/h10-11H,2-9H2,1H3. The second kappa shape index (κ2) is 5.61. The number of esters is 1. The van der Waals surface area contributed by atoms with Gasteiger partial charge in [0.05, 0.1) is 17.3 Å². The Hall–Kier alpha value is -0.900. The molecule has 2 aliphatic carbocycles. The molecule has 2 aliphatic rings. The first-order valence-electron chi connectivity index (χ1n) is 7.45. The van der Waals surface area contributed by atoms with Gasteiger partial charge in [-0.3, -0.25) is 4.79 Å². The van der Waals surface area contributed by atoms with Gasteiger partial charge < -0.3 is 4.74 Å². The van der Waals surface area contributed by atoms with E-state index >= 15 is 0 Å². The van der Waals surface area contributed by atoms with Crippen LogP contribution in [0, 0.1) is 0 Å². The topological polar surface area (TPSA) is 39.2 Å². The van der Waals surface area contributed by atoms with Gasteiger partial charge >= 0.3 is 5.97 Å². The van der Waals surface area contributed by atoms with E-state index in [-0.39, 0.29) is 11.9 Å². The van der Waals surface area contributed by atoms with Gasteiger partial charge in [0.2, 0.25) is 0 Å². The third-order valence-corrected chi connectivity index (χ3v) is 5.54. The number of hydrogen-bond acceptors (Lipinski definition) is 4. The van der Waals surface area contributed by atoms with E-state index in [0.29, 0.717) is 12.5 Å². The number of fused-ring (bicyclic) bond motifs is 1. The second-order valence-corrected chi connectivity index (χ2v) is 6.65. The van der Waals surface area contributed by atoms with E-state index in [9.17, 15) is 4.79 Å². The number of carbonyl (C=O) groups is 1. The first kappa shape index (κ1) is 13.1. The highest BCUT2D eigenvalue weighted by Gasteiger charge is 2.32. The molecule has 1 unspecified atom stereocenters. The number of rotatable bonds is 3. The number of nitrogens with zero attached hydrogens (tertiary/aromatic N) is 1. The van der Waals surface area contributed by atoms with Crippen LogP contribution in [0.2, 0.25) is 0 Å². The number of thiazole rings is 1. The minimum atomic E-state index is -0.102. The van der Waals surface area contributed by atoms with Crippen LogP contribution in [0.1, 0.15) is 72.9 Å². The number of carbonyl (C=O) groups excluding carboxylic acids is 1. The zero-order valence-electron chi connectivity index (χ0n) is 11.5. The molecule has 0 bridgehead atoms. The van der Waals surface area contributed by atoms with Crippen LogP contribution in [0.4, 0.5) is 0 Å². The fourth-order valence-corrected chi connectivity index (χ4v) is 4.59. The zero-order valence-corrected chi connectivity index (χ0v) is 12.3. The summed E-state index contributed by atoms with van der Waals surface area (Å²) < 4.78 is 5.20. The van der Waals surface area contributed by atoms with Crippen molar-refractivity contribution >= 4 is 17.3 Å². The van der Waals surface area contributed by atoms with Gasteiger partial charge in [-0.2, -0.15) is 0 Å². The minimum absolute atomic E-state index is 0.0771. The first-order chi connectivity index (χ1) is 9.29. The molecule has 0 N–H and O–H groups in total. The third kappa shape index (κ3) is 2.55. The summed E-state index contributed by atoms with van der Waals surface area (Å²) >= 11 is 1.85. The van der Waals surface area contributed by atoms with E-state index in [0.717, 1.165) is 25.0 Å². The van der Waals surface area contributed by atoms with Crippen LogP contribution in [0.15, 0.2) is 0 Å². The lowest BCUT2D eigenvalue weighted by Gasteiger charge is -2.19. The van der Waals surface area contributed by atoms with E-state index in [4.69, 9.17) is 9.72 Å². The van der Waals surface area contributed by atoms with Gasteiger partial charge in [-0.25, -0.2) is 4.98 Å². The van der Waals surface area contributed by atoms with E-state index in [1.54, 1.807) is 0 Å². The number of ether oxygens (including phenoxy) is 1. The quantitative estimate of drug-likeness (QED) is 0.790. The predicted molar refractivity (Wildman–Crippen MR) is 75.6 cm³/mol. The highest BCUT2D eigenvalue weighted by molar-refractivity contribution is 7.11. The normalized spacial score (nSPS) is 23.3. The Balaban J connectivity index is 1.85. The molecule has 0 saturated heterocycles. The molecule has 1 fully saturated rings. The highest BCUT2D eigenvalue weighted by atomic mass is 32.1. The van der Waals surface area contributed by atoms with Crippen molar-refractivity contribution in [1.82, 2.24) is 4.98 Å². The Bertz CT molecular complexity index is 463. The summed E-state index contributed by atoms with van der Waals surface area (Å²) in [5.41, 5.74) is 1.04. The van der Waals surface area contributed by atoms with Crippen molar-refractivity contribution in [2.75, 3.05) is 6.61 Å². The van der Waals surface area contributed by atoms with Gasteiger partial charge in [0, 0.05) is 10.8 Å². The van der Waals surface area contributed by atoms with Gasteiger partial charge in [-0.15, -0.1) is 11.3 Å². The van der Waals surface area contributed by atoms with E-state index < -0.39 is 0 Å². The van der Waals surface area contributed by atoms with Crippen molar-refractivity contribution in [3.63, 3.8) is 0 Å². The van der Waals surface area contributed by atoms with Gasteiger partial charge in [0.25, 0.3) is 0 Å². The van der Waals surface area contributed by atoms with Crippen molar-refractivity contribution in [2.24, 2.45) is 0 Å². The molecule has 1 aromatic rings. The van der Waals surface area contributed by atoms with Crippen molar-refractivity contribution in [2.45, 2.75) is 63.7 Å². The summed E-state index contributed by atoms with van der Waals surface area (Å²) in [6.45, 7) is 2.33. The second-order valence-electron chi connectivity index (χ2n) is 5.54. The molecule has 3 rings (SSSR count). The van der Waals surface area contributed by atoms with Gasteiger partial charge in [-0.1, -0.05) is 12.8 Å². The summed E-state index contributed by atoms with van der Waals surface area (Å²) in [6.07, 6.45) is 8.29.